The zero-order valence-electron chi connectivity index (χ0n) is 9.02. The van der Waals surface area contributed by atoms with Crippen LogP contribution in [-0.2, 0) is 0 Å². The molecule has 0 radical (unpaired) electrons. The summed E-state index contributed by atoms with van der Waals surface area (Å²) in [4.78, 5) is 17.2. The minimum Gasteiger partial charge on any atom is -0.337 e. The minimum atomic E-state index is -0.611. The van der Waals surface area contributed by atoms with E-state index in [1.54, 1.807) is 18.0 Å². The summed E-state index contributed by atoms with van der Waals surface area (Å²) >= 11 is 1.84. The van der Waals surface area contributed by atoms with Crippen LogP contribution in [0.2, 0.25) is 0 Å². The molecule has 0 aliphatic carbocycles. The van der Waals surface area contributed by atoms with Gasteiger partial charge in [0, 0.05) is 18.8 Å². The summed E-state index contributed by atoms with van der Waals surface area (Å²) in [5.74, 6) is 1.23. The van der Waals surface area contributed by atoms with Crippen LogP contribution in [0.25, 0.3) is 0 Å². The molecule has 0 aromatic carbocycles. The number of carbonyl (C=O) groups is 1. The van der Waals surface area contributed by atoms with E-state index >= 15 is 0 Å². The van der Waals surface area contributed by atoms with Gasteiger partial charge in [-0.15, -0.1) is 0 Å². The lowest BCUT2D eigenvalue weighted by Gasteiger charge is -2.23. The third-order valence-corrected chi connectivity index (χ3v) is 3.85. The van der Waals surface area contributed by atoms with Crippen molar-refractivity contribution in [3.8, 4) is 0 Å². The molecule has 0 bridgehead atoms. The summed E-state index contributed by atoms with van der Waals surface area (Å²) in [7, 11) is 1.76. The average molecular weight is 240 g/mol. The van der Waals surface area contributed by atoms with Crippen LogP contribution < -0.4 is 0 Å². The van der Waals surface area contributed by atoms with E-state index in [9.17, 15) is 9.18 Å². The Labute approximate surface area is 98.0 Å². The lowest BCUT2D eigenvalue weighted by atomic mass is 10.2. The van der Waals surface area contributed by atoms with E-state index in [2.05, 4.69) is 4.98 Å². The number of nitrogens with zero attached hydrogens (tertiary/aromatic N) is 2. The molecule has 86 valence electrons. The van der Waals surface area contributed by atoms with E-state index in [0.29, 0.717) is 0 Å². The van der Waals surface area contributed by atoms with E-state index in [0.717, 1.165) is 17.9 Å². The normalized spacial score (nSPS) is 19.8. The Morgan fingerprint density at radius 2 is 2.44 bits per heavy atom. The Morgan fingerprint density at radius 1 is 1.62 bits per heavy atom. The summed E-state index contributed by atoms with van der Waals surface area (Å²) in [6.45, 7) is 0. The molecular formula is C11H13FN2OS. The molecule has 1 saturated heterocycles. The van der Waals surface area contributed by atoms with Gasteiger partial charge in [-0.1, -0.05) is 6.07 Å². The van der Waals surface area contributed by atoms with Gasteiger partial charge < -0.3 is 4.90 Å². The third-order valence-electron chi connectivity index (χ3n) is 2.71. The van der Waals surface area contributed by atoms with E-state index in [1.807, 2.05) is 11.8 Å². The maximum Gasteiger partial charge on any atom is 0.272 e. The van der Waals surface area contributed by atoms with Crippen LogP contribution in [0, 0.1) is 5.95 Å². The van der Waals surface area contributed by atoms with Crippen molar-refractivity contribution < 1.29 is 9.18 Å². The second kappa shape index (κ2) is 4.82. The van der Waals surface area contributed by atoms with Gasteiger partial charge in [-0.05, 0) is 24.3 Å². The quantitative estimate of drug-likeness (QED) is 0.739. The van der Waals surface area contributed by atoms with Gasteiger partial charge >= 0.3 is 0 Å². The zero-order chi connectivity index (χ0) is 11.5. The van der Waals surface area contributed by atoms with Crippen molar-refractivity contribution in [2.24, 2.45) is 0 Å². The van der Waals surface area contributed by atoms with Crippen LogP contribution in [-0.4, -0.2) is 40.4 Å². The number of thioether (sulfide) groups is 1. The topological polar surface area (TPSA) is 33.2 Å². The number of amides is 1. The predicted octanol–water partition coefficient (Wildman–Crippen LogP) is 1.80. The third kappa shape index (κ3) is 2.35. The second-order valence-corrected chi connectivity index (χ2v) is 4.93. The fraction of sp³-hybridized carbons (Fsp3) is 0.455. The largest absolute Gasteiger partial charge is 0.337 e. The molecule has 1 atom stereocenters. The Bertz CT molecular complexity index is 393. The molecule has 2 rings (SSSR count). The molecule has 3 nitrogen and oxygen atoms in total. The number of rotatable bonds is 2. The van der Waals surface area contributed by atoms with Crippen molar-refractivity contribution >= 4 is 17.7 Å². The molecule has 0 N–H and O–H groups in total. The van der Waals surface area contributed by atoms with Crippen LogP contribution in [0.4, 0.5) is 4.39 Å². The molecule has 1 aliphatic heterocycles. The summed E-state index contributed by atoms with van der Waals surface area (Å²) in [6, 6.07) is 4.54. The highest BCUT2D eigenvalue weighted by molar-refractivity contribution is 7.99. The van der Waals surface area contributed by atoms with E-state index in [1.165, 1.54) is 12.1 Å². The van der Waals surface area contributed by atoms with Crippen molar-refractivity contribution in [1.82, 2.24) is 9.88 Å². The molecule has 0 spiro atoms. The summed E-state index contributed by atoms with van der Waals surface area (Å²) < 4.78 is 12.9. The second-order valence-electron chi connectivity index (χ2n) is 3.78. The van der Waals surface area contributed by atoms with Crippen LogP contribution >= 0.6 is 11.8 Å². The van der Waals surface area contributed by atoms with Gasteiger partial charge in [0.1, 0.15) is 5.69 Å². The van der Waals surface area contributed by atoms with Gasteiger partial charge in [-0.2, -0.15) is 16.2 Å². The van der Waals surface area contributed by atoms with E-state index < -0.39 is 5.95 Å². The Balaban J connectivity index is 2.12. The van der Waals surface area contributed by atoms with Crippen LogP contribution in [0.3, 0.4) is 0 Å². The van der Waals surface area contributed by atoms with Gasteiger partial charge in [0.25, 0.3) is 5.91 Å². The lowest BCUT2D eigenvalue weighted by molar-refractivity contribution is 0.0740. The van der Waals surface area contributed by atoms with Gasteiger partial charge in [-0.3, -0.25) is 4.79 Å². The molecule has 1 aromatic heterocycles. The predicted molar refractivity (Wildman–Crippen MR) is 62.0 cm³/mol. The average Bonchev–Trinajstić information content (AvgIpc) is 2.80. The van der Waals surface area contributed by atoms with E-state index in [-0.39, 0.29) is 17.6 Å². The first-order valence-corrected chi connectivity index (χ1v) is 6.31. The Hall–Kier alpha value is -1.10. The highest BCUT2D eigenvalue weighted by Gasteiger charge is 2.25. The first kappa shape index (κ1) is 11.4. The number of halogens is 1. The van der Waals surface area contributed by atoms with Gasteiger partial charge in [0.2, 0.25) is 5.95 Å². The maximum atomic E-state index is 12.9. The number of aromatic nitrogens is 1. The highest BCUT2D eigenvalue weighted by atomic mass is 32.2. The van der Waals surface area contributed by atoms with Crippen LogP contribution in [0.1, 0.15) is 16.9 Å². The molecule has 2 heterocycles. The number of pyridine rings is 1. The first-order chi connectivity index (χ1) is 7.68. The maximum absolute atomic E-state index is 12.9. The molecular weight excluding hydrogens is 227 g/mol. The molecule has 1 amide bonds. The Morgan fingerprint density at radius 3 is 3.06 bits per heavy atom. The molecule has 1 aliphatic rings. The van der Waals surface area contributed by atoms with Gasteiger partial charge in [0.15, 0.2) is 0 Å². The lowest BCUT2D eigenvalue weighted by Crippen LogP contribution is -2.37. The van der Waals surface area contributed by atoms with Gasteiger partial charge in [0.05, 0.1) is 0 Å². The molecule has 1 fully saturated rings. The first-order valence-electron chi connectivity index (χ1n) is 5.16. The fourth-order valence-corrected chi connectivity index (χ4v) is 2.97. The number of hydrogen-bond donors (Lipinski definition) is 0. The molecule has 5 heteroatoms. The smallest absolute Gasteiger partial charge is 0.272 e. The van der Waals surface area contributed by atoms with Crippen molar-refractivity contribution in [2.45, 2.75) is 12.5 Å². The zero-order valence-corrected chi connectivity index (χ0v) is 9.84. The summed E-state index contributed by atoms with van der Waals surface area (Å²) in [5.41, 5.74) is 0.180. The van der Waals surface area contributed by atoms with Crippen molar-refractivity contribution in [2.75, 3.05) is 18.6 Å². The van der Waals surface area contributed by atoms with Crippen molar-refractivity contribution in [3.63, 3.8) is 0 Å². The van der Waals surface area contributed by atoms with Crippen LogP contribution in [0.5, 0.6) is 0 Å². The molecule has 1 unspecified atom stereocenters. The summed E-state index contributed by atoms with van der Waals surface area (Å²) in [5, 5.41) is 0. The molecule has 16 heavy (non-hydrogen) atoms. The molecule has 0 saturated carbocycles. The van der Waals surface area contributed by atoms with E-state index in [4.69, 9.17) is 0 Å². The minimum absolute atomic E-state index is 0.180. The standard InChI is InChI=1S/C11H13FN2OS/c1-14(8-5-6-16-7-8)11(15)9-3-2-4-10(12)13-9/h2-4,8H,5-7H2,1H3. The fourth-order valence-electron chi connectivity index (χ4n) is 1.70. The number of hydrogen-bond acceptors (Lipinski definition) is 3. The highest BCUT2D eigenvalue weighted by Crippen LogP contribution is 2.22. The van der Waals surface area contributed by atoms with Crippen molar-refractivity contribution in [3.05, 3.63) is 29.8 Å². The Kier molecular flexibility index (Phi) is 3.43. The monoisotopic (exact) mass is 240 g/mol. The SMILES string of the molecule is CN(C(=O)c1cccc(F)n1)C1CCSC1. The van der Waals surface area contributed by atoms with Crippen molar-refractivity contribution in [1.29, 1.82) is 0 Å². The summed E-state index contributed by atoms with van der Waals surface area (Å²) in [6.07, 6.45) is 1.00. The number of carbonyl (C=O) groups excluding carboxylic acids is 1. The van der Waals surface area contributed by atoms with Crippen LogP contribution in [0.15, 0.2) is 18.2 Å². The molecule has 1 aromatic rings. The van der Waals surface area contributed by atoms with Gasteiger partial charge in [-0.25, -0.2) is 4.98 Å².